The van der Waals surface area contributed by atoms with Crippen LogP contribution in [0.1, 0.15) is 24.1 Å². The van der Waals surface area contributed by atoms with Crippen molar-refractivity contribution in [3.05, 3.63) is 11.7 Å². The molecule has 0 amide bonds. The first-order valence-corrected chi connectivity index (χ1v) is 5.49. The predicted molar refractivity (Wildman–Crippen MR) is 53.3 cm³/mol. The highest BCUT2D eigenvalue weighted by atomic mass is 19.3. The largest absolute Gasteiger partial charge is 0.481 e. The summed E-state index contributed by atoms with van der Waals surface area (Å²) in [5.74, 6) is -0.902. The molecule has 2 unspecified atom stereocenters. The molecule has 8 heteroatoms. The third-order valence-corrected chi connectivity index (χ3v) is 2.62. The van der Waals surface area contributed by atoms with Gasteiger partial charge in [-0.3, -0.25) is 4.79 Å². The van der Waals surface area contributed by atoms with Crippen LogP contribution in [0.25, 0.3) is 0 Å². The standard InChI is InChI=1S/C10H12F2N2O4/c11-7(12)4-17-2-1-8-13-9(18-14-8)5-3-6(5)10(15)16/h5-7H,1-4H2,(H,15,16). The Hall–Kier alpha value is -1.57. The van der Waals surface area contributed by atoms with E-state index in [0.29, 0.717) is 18.1 Å². The minimum Gasteiger partial charge on any atom is -0.481 e. The quantitative estimate of drug-likeness (QED) is 0.740. The molecular formula is C10H12F2N2O4. The first-order chi connectivity index (χ1) is 8.58. The van der Waals surface area contributed by atoms with Gasteiger partial charge in [-0.05, 0) is 6.42 Å². The number of nitrogens with zero attached hydrogens (tertiary/aromatic N) is 2. The number of hydrogen-bond acceptors (Lipinski definition) is 5. The number of aromatic nitrogens is 2. The summed E-state index contributed by atoms with van der Waals surface area (Å²) in [6.45, 7) is -0.537. The second kappa shape index (κ2) is 5.38. The number of ether oxygens (including phenoxy) is 1. The van der Waals surface area contributed by atoms with Gasteiger partial charge < -0.3 is 14.4 Å². The summed E-state index contributed by atoms with van der Waals surface area (Å²) in [5.41, 5.74) is 0. The number of carboxylic acid groups (broad SMARTS) is 1. The van der Waals surface area contributed by atoms with Gasteiger partial charge in [0.15, 0.2) is 5.82 Å². The van der Waals surface area contributed by atoms with E-state index in [2.05, 4.69) is 14.9 Å². The third kappa shape index (κ3) is 3.22. The maximum atomic E-state index is 11.8. The number of hydrogen-bond donors (Lipinski definition) is 1. The maximum Gasteiger partial charge on any atom is 0.307 e. The highest BCUT2D eigenvalue weighted by Crippen LogP contribution is 2.46. The van der Waals surface area contributed by atoms with Gasteiger partial charge in [0, 0.05) is 6.42 Å². The van der Waals surface area contributed by atoms with E-state index in [9.17, 15) is 13.6 Å². The second-order valence-electron chi connectivity index (χ2n) is 4.05. The molecule has 100 valence electrons. The van der Waals surface area contributed by atoms with Crippen LogP contribution in [0.3, 0.4) is 0 Å². The van der Waals surface area contributed by atoms with Gasteiger partial charge in [-0.25, -0.2) is 8.78 Å². The summed E-state index contributed by atoms with van der Waals surface area (Å²) in [6.07, 6.45) is -1.73. The Morgan fingerprint density at radius 3 is 3.00 bits per heavy atom. The van der Waals surface area contributed by atoms with E-state index in [4.69, 9.17) is 9.63 Å². The van der Waals surface area contributed by atoms with Crippen LogP contribution in [0, 0.1) is 5.92 Å². The number of halogens is 2. The fraction of sp³-hybridized carbons (Fsp3) is 0.700. The molecule has 2 atom stereocenters. The summed E-state index contributed by atoms with van der Waals surface area (Å²) in [4.78, 5) is 14.7. The average molecular weight is 262 g/mol. The third-order valence-electron chi connectivity index (χ3n) is 2.62. The molecule has 1 aromatic rings. The molecule has 6 nitrogen and oxygen atoms in total. The van der Waals surface area contributed by atoms with Crippen molar-refractivity contribution in [2.24, 2.45) is 5.92 Å². The van der Waals surface area contributed by atoms with Crippen LogP contribution in [0.15, 0.2) is 4.52 Å². The molecule has 0 spiro atoms. The van der Waals surface area contributed by atoms with Crippen molar-refractivity contribution >= 4 is 5.97 Å². The number of rotatable bonds is 7. The van der Waals surface area contributed by atoms with E-state index >= 15 is 0 Å². The zero-order valence-electron chi connectivity index (χ0n) is 9.38. The van der Waals surface area contributed by atoms with Gasteiger partial charge >= 0.3 is 5.97 Å². The van der Waals surface area contributed by atoms with Crippen LogP contribution >= 0.6 is 0 Å². The Morgan fingerprint density at radius 1 is 1.61 bits per heavy atom. The minimum atomic E-state index is -2.49. The lowest BCUT2D eigenvalue weighted by Crippen LogP contribution is -2.07. The maximum absolute atomic E-state index is 11.8. The van der Waals surface area contributed by atoms with Gasteiger partial charge in [0.1, 0.15) is 6.61 Å². The first kappa shape index (κ1) is 12.9. The number of carboxylic acids is 1. The number of carbonyl (C=O) groups is 1. The molecule has 1 N–H and O–H groups in total. The zero-order chi connectivity index (χ0) is 13.1. The molecular weight excluding hydrogens is 250 g/mol. The van der Waals surface area contributed by atoms with E-state index in [-0.39, 0.29) is 18.9 Å². The summed E-state index contributed by atoms with van der Waals surface area (Å²) in [6, 6.07) is 0. The fourth-order valence-electron chi connectivity index (χ4n) is 1.60. The Balaban J connectivity index is 1.75. The van der Waals surface area contributed by atoms with Crippen LogP contribution in [-0.2, 0) is 16.0 Å². The van der Waals surface area contributed by atoms with E-state index < -0.39 is 24.9 Å². The lowest BCUT2D eigenvalue weighted by molar-refractivity contribution is -0.138. The second-order valence-corrected chi connectivity index (χ2v) is 4.05. The minimum absolute atomic E-state index is 0.0797. The van der Waals surface area contributed by atoms with Gasteiger partial charge in [-0.1, -0.05) is 5.16 Å². The van der Waals surface area contributed by atoms with E-state index in [0.717, 1.165) is 0 Å². The van der Waals surface area contributed by atoms with Crippen molar-refractivity contribution in [1.82, 2.24) is 10.1 Å². The summed E-state index contributed by atoms with van der Waals surface area (Å²) >= 11 is 0. The molecule has 1 aromatic heterocycles. The monoisotopic (exact) mass is 262 g/mol. The van der Waals surface area contributed by atoms with E-state index in [1.54, 1.807) is 0 Å². The molecule has 1 saturated carbocycles. The van der Waals surface area contributed by atoms with E-state index in [1.165, 1.54) is 0 Å². The van der Waals surface area contributed by atoms with Gasteiger partial charge in [0.05, 0.1) is 18.4 Å². The van der Waals surface area contributed by atoms with Crippen LogP contribution in [0.4, 0.5) is 8.78 Å². The Bertz CT molecular complexity index is 424. The highest BCUT2D eigenvalue weighted by molar-refractivity contribution is 5.74. The van der Waals surface area contributed by atoms with Crippen molar-refractivity contribution in [3.8, 4) is 0 Å². The Labute approximate surface area is 101 Å². The average Bonchev–Trinajstić information content (AvgIpc) is 2.98. The molecule has 1 aliphatic rings. The van der Waals surface area contributed by atoms with Crippen LogP contribution in [0.2, 0.25) is 0 Å². The summed E-state index contributed by atoms with van der Waals surface area (Å²) in [5, 5.41) is 12.4. The van der Waals surface area contributed by atoms with Gasteiger partial charge in [0.25, 0.3) is 6.43 Å². The Kier molecular flexibility index (Phi) is 3.85. The highest BCUT2D eigenvalue weighted by Gasteiger charge is 2.48. The number of alkyl halides is 2. The number of aliphatic carboxylic acids is 1. The Morgan fingerprint density at radius 2 is 2.39 bits per heavy atom. The molecule has 0 aromatic carbocycles. The van der Waals surface area contributed by atoms with Gasteiger partial charge in [-0.2, -0.15) is 4.98 Å². The van der Waals surface area contributed by atoms with Crippen molar-refractivity contribution in [2.45, 2.75) is 25.2 Å². The van der Waals surface area contributed by atoms with Crippen LogP contribution < -0.4 is 0 Å². The predicted octanol–water partition coefficient (Wildman–Crippen LogP) is 1.08. The zero-order valence-corrected chi connectivity index (χ0v) is 9.38. The van der Waals surface area contributed by atoms with Crippen molar-refractivity contribution in [3.63, 3.8) is 0 Å². The van der Waals surface area contributed by atoms with Gasteiger partial charge in [-0.15, -0.1) is 0 Å². The van der Waals surface area contributed by atoms with Crippen molar-refractivity contribution < 1.29 is 27.9 Å². The molecule has 1 fully saturated rings. The lowest BCUT2D eigenvalue weighted by atomic mass is 10.3. The van der Waals surface area contributed by atoms with Crippen molar-refractivity contribution in [2.75, 3.05) is 13.2 Å². The molecule has 0 saturated heterocycles. The van der Waals surface area contributed by atoms with Crippen molar-refractivity contribution in [1.29, 1.82) is 0 Å². The molecule has 2 rings (SSSR count). The summed E-state index contributed by atoms with van der Waals surface area (Å²) < 4.78 is 33.1. The van der Waals surface area contributed by atoms with Gasteiger partial charge in [0.2, 0.25) is 5.89 Å². The SMILES string of the molecule is O=C(O)C1CC1c1nc(CCOCC(F)F)no1. The normalized spacial score (nSPS) is 22.4. The van der Waals surface area contributed by atoms with E-state index in [1.807, 2.05) is 0 Å². The van der Waals surface area contributed by atoms with Crippen LogP contribution in [0.5, 0.6) is 0 Å². The first-order valence-electron chi connectivity index (χ1n) is 5.49. The van der Waals surface area contributed by atoms with Crippen LogP contribution in [-0.4, -0.2) is 40.9 Å². The molecule has 0 radical (unpaired) electrons. The molecule has 0 aliphatic heterocycles. The summed E-state index contributed by atoms with van der Waals surface area (Å²) in [7, 11) is 0. The molecule has 0 bridgehead atoms. The smallest absolute Gasteiger partial charge is 0.307 e. The topological polar surface area (TPSA) is 85.5 Å². The molecule has 1 aliphatic carbocycles. The fourth-order valence-corrected chi connectivity index (χ4v) is 1.60. The molecule has 18 heavy (non-hydrogen) atoms. The lowest BCUT2D eigenvalue weighted by Gasteiger charge is -1.99. The molecule has 1 heterocycles.